The molecule has 1 N–H and O–H groups in total. The van der Waals surface area contributed by atoms with Crippen LogP contribution in [0, 0.1) is 5.92 Å². The van der Waals surface area contributed by atoms with E-state index in [-0.39, 0.29) is 0 Å². The molecule has 1 aliphatic rings. The van der Waals surface area contributed by atoms with E-state index in [0.29, 0.717) is 18.1 Å². The Labute approximate surface area is 126 Å². The molecule has 3 unspecified atom stereocenters. The van der Waals surface area contributed by atoms with Crippen LogP contribution in [0.1, 0.15) is 38.3 Å². The maximum Gasteiger partial charge on any atom is 0.0702 e. The van der Waals surface area contributed by atoms with Crippen LogP contribution >= 0.6 is 0 Å². The van der Waals surface area contributed by atoms with E-state index in [1.165, 1.54) is 10.9 Å². The molecule has 3 heteroatoms. The van der Waals surface area contributed by atoms with Crippen molar-refractivity contribution in [3.63, 3.8) is 0 Å². The first-order valence-electron chi connectivity index (χ1n) is 7.99. The molecule has 21 heavy (non-hydrogen) atoms. The largest absolute Gasteiger partial charge is 0.378 e. The average molecular weight is 284 g/mol. The van der Waals surface area contributed by atoms with Gasteiger partial charge >= 0.3 is 0 Å². The molecular formula is C18H24N2O. The highest BCUT2D eigenvalue weighted by Gasteiger charge is 2.32. The number of benzene rings is 1. The number of aromatic nitrogens is 1. The number of pyridine rings is 1. The van der Waals surface area contributed by atoms with Crippen LogP contribution < -0.4 is 5.32 Å². The summed E-state index contributed by atoms with van der Waals surface area (Å²) in [6.07, 6.45) is 4.45. The Morgan fingerprint density at radius 3 is 3.05 bits per heavy atom. The third-order valence-corrected chi connectivity index (χ3v) is 4.46. The molecule has 1 saturated heterocycles. The van der Waals surface area contributed by atoms with Crippen molar-refractivity contribution in [1.82, 2.24) is 10.3 Å². The molecule has 1 fully saturated rings. The van der Waals surface area contributed by atoms with Gasteiger partial charge < -0.3 is 10.1 Å². The number of nitrogens with one attached hydrogen (secondary N) is 1. The predicted octanol–water partition coefficient (Wildman–Crippen LogP) is 3.70. The minimum absolute atomic E-state index is 0.323. The van der Waals surface area contributed by atoms with Gasteiger partial charge in [0.1, 0.15) is 0 Å². The van der Waals surface area contributed by atoms with Crippen molar-refractivity contribution in [3.05, 3.63) is 42.1 Å². The molecule has 1 aliphatic heterocycles. The van der Waals surface area contributed by atoms with Gasteiger partial charge in [-0.25, -0.2) is 0 Å². The summed E-state index contributed by atoms with van der Waals surface area (Å²) in [6.45, 7) is 6.33. The van der Waals surface area contributed by atoms with Crippen LogP contribution in [0.2, 0.25) is 0 Å². The van der Waals surface area contributed by atoms with Crippen LogP contribution in [0.4, 0.5) is 0 Å². The highest BCUT2D eigenvalue weighted by atomic mass is 16.5. The quantitative estimate of drug-likeness (QED) is 0.909. The molecule has 3 rings (SSSR count). The van der Waals surface area contributed by atoms with Gasteiger partial charge in [-0.15, -0.1) is 0 Å². The fraction of sp³-hybridized carbons (Fsp3) is 0.500. The lowest BCUT2D eigenvalue weighted by atomic mass is 9.87. The van der Waals surface area contributed by atoms with Gasteiger partial charge in [-0.2, -0.15) is 0 Å². The van der Waals surface area contributed by atoms with Crippen molar-refractivity contribution in [1.29, 1.82) is 0 Å². The second kappa shape index (κ2) is 6.54. The topological polar surface area (TPSA) is 34.2 Å². The molecule has 0 aliphatic carbocycles. The standard InChI is InChI=1S/C18H24N2O/c1-3-9-20-18(16-8-11-21-13(16)2)15-6-7-17-14(12-15)5-4-10-19-17/h4-7,10,12-13,16,18,20H,3,8-9,11H2,1-2H3. The number of hydrogen-bond donors (Lipinski definition) is 1. The Bertz CT molecular complexity index is 599. The Hall–Kier alpha value is -1.45. The molecule has 1 aromatic carbocycles. The maximum atomic E-state index is 5.78. The molecular weight excluding hydrogens is 260 g/mol. The Morgan fingerprint density at radius 2 is 2.29 bits per heavy atom. The molecule has 0 saturated carbocycles. The lowest BCUT2D eigenvalue weighted by molar-refractivity contribution is 0.0954. The van der Waals surface area contributed by atoms with Crippen molar-refractivity contribution in [3.8, 4) is 0 Å². The van der Waals surface area contributed by atoms with Gasteiger partial charge in [-0.05, 0) is 50.1 Å². The van der Waals surface area contributed by atoms with Gasteiger partial charge in [0.2, 0.25) is 0 Å². The second-order valence-corrected chi connectivity index (χ2v) is 5.92. The fourth-order valence-corrected chi connectivity index (χ4v) is 3.29. The van der Waals surface area contributed by atoms with Crippen LogP contribution in [-0.2, 0) is 4.74 Å². The summed E-state index contributed by atoms with van der Waals surface area (Å²) in [5, 5.41) is 4.94. The third-order valence-electron chi connectivity index (χ3n) is 4.46. The zero-order chi connectivity index (χ0) is 14.7. The van der Waals surface area contributed by atoms with Crippen molar-refractivity contribution in [2.24, 2.45) is 5.92 Å². The van der Waals surface area contributed by atoms with Crippen LogP contribution in [0.15, 0.2) is 36.5 Å². The first-order valence-corrected chi connectivity index (χ1v) is 7.99. The molecule has 2 aromatic rings. The summed E-state index contributed by atoms with van der Waals surface area (Å²) >= 11 is 0. The van der Waals surface area contributed by atoms with Crippen LogP contribution in [0.25, 0.3) is 10.9 Å². The normalized spacial score (nSPS) is 23.5. The van der Waals surface area contributed by atoms with Crippen molar-refractivity contribution >= 4 is 10.9 Å². The zero-order valence-corrected chi connectivity index (χ0v) is 12.9. The van der Waals surface area contributed by atoms with Gasteiger partial charge in [0.05, 0.1) is 11.6 Å². The van der Waals surface area contributed by atoms with Gasteiger partial charge in [0.15, 0.2) is 0 Å². The summed E-state index contributed by atoms with van der Waals surface area (Å²) in [4.78, 5) is 4.41. The number of ether oxygens (including phenoxy) is 1. The fourth-order valence-electron chi connectivity index (χ4n) is 3.29. The Morgan fingerprint density at radius 1 is 1.38 bits per heavy atom. The average Bonchev–Trinajstić information content (AvgIpc) is 2.94. The number of hydrogen-bond acceptors (Lipinski definition) is 3. The molecule has 2 heterocycles. The number of rotatable bonds is 5. The lowest BCUT2D eigenvalue weighted by Gasteiger charge is -2.27. The Balaban J connectivity index is 1.92. The number of nitrogens with zero attached hydrogens (tertiary/aromatic N) is 1. The Kier molecular flexibility index (Phi) is 4.51. The summed E-state index contributed by atoms with van der Waals surface area (Å²) in [5.41, 5.74) is 2.41. The molecule has 3 nitrogen and oxygen atoms in total. The van der Waals surface area contributed by atoms with E-state index in [4.69, 9.17) is 4.74 Å². The van der Waals surface area contributed by atoms with E-state index in [1.807, 2.05) is 12.3 Å². The summed E-state index contributed by atoms with van der Waals surface area (Å²) in [6, 6.07) is 11.1. The highest BCUT2D eigenvalue weighted by Crippen LogP contribution is 2.34. The lowest BCUT2D eigenvalue weighted by Crippen LogP contribution is -2.32. The van der Waals surface area contributed by atoms with Gasteiger partial charge in [0, 0.05) is 30.1 Å². The van der Waals surface area contributed by atoms with Crippen molar-refractivity contribution in [2.45, 2.75) is 38.8 Å². The minimum Gasteiger partial charge on any atom is -0.378 e. The molecule has 112 valence electrons. The predicted molar refractivity (Wildman–Crippen MR) is 86.3 cm³/mol. The smallest absolute Gasteiger partial charge is 0.0702 e. The summed E-state index contributed by atoms with van der Waals surface area (Å²) in [7, 11) is 0. The van der Waals surface area contributed by atoms with E-state index < -0.39 is 0 Å². The minimum atomic E-state index is 0.323. The summed E-state index contributed by atoms with van der Waals surface area (Å²) in [5.74, 6) is 0.547. The maximum absolute atomic E-state index is 5.78. The first-order chi connectivity index (χ1) is 10.3. The van der Waals surface area contributed by atoms with Gasteiger partial charge in [-0.1, -0.05) is 19.1 Å². The first kappa shape index (κ1) is 14.5. The SMILES string of the molecule is CCCNC(c1ccc2ncccc2c1)C1CCOC1C. The van der Waals surface area contributed by atoms with E-state index in [0.717, 1.165) is 31.5 Å². The van der Waals surface area contributed by atoms with Crippen LogP contribution in [0.5, 0.6) is 0 Å². The zero-order valence-electron chi connectivity index (χ0n) is 12.9. The molecule has 0 bridgehead atoms. The summed E-state index contributed by atoms with van der Waals surface area (Å²) < 4.78 is 5.78. The molecule has 3 atom stereocenters. The molecule has 1 aromatic heterocycles. The molecule has 0 amide bonds. The van der Waals surface area contributed by atoms with Gasteiger partial charge in [0.25, 0.3) is 0 Å². The number of fused-ring (bicyclic) bond motifs is 1. The molecule has 0 radical (unpaired) electrons. The third kappa shape index (κ3) is 3.09. The molecule has 0 spiro atoms. The monoisotopic (exact) mass is 284 g/mol. The highest BCUT2D eigenvalue weighted by molar-refractivity contribution is 5.79. The van der Waals surface area contributed by atoms with Crippen molar-refractivity contribution in [2.75, 3.05) is 13.2 Å². The van der Waals surface area contributed by atoms with Crippen LogP contribution in [-0.4, -0.2) is 24.2 Å². The van der Waals surface area contributed by atoms with E-state index in [2.05, 4.69) is 48.4 Å². The van der Waals surface area contributed by atoms with E-state index in [1.54, 1.807) is 0 Å². The van der Waals surface area contributed by atoms with Gasteiger partial charge in [-0.3, -0.25) is 4.98 Å². The van der Waals surface area contributed by atoms with E-state index in [9.17, 15) is 0 Å². The van der Waals surface area contributed by atoms with Crippen LogP contribution in [0.3, 0.4) is 0 Å². The van der Waals surface area contributed by atoms with E-state index >= 15 is 0 Å². The van der Waals surface area contributed by atoms with Crippen molar-refractivity contribution < 1.29 is 4.74 Å². The second-order valence-electron chi connectivity index (χ2n) is 5.92.